The number of nitrogens with one attached hydrogen (secondary N) is 1. The second-order valence-corrected chi connectivity index (χ2v) is 4.73. The summed E-state index contributed by atoms with van der Waals surface area (Å²) in [6.07, 6.45) is 0. The molecule has 0 aliphatic rings. The van der Waals surface area contributed by atoms with Crippen LogP contribution >= 0.6 is 11.6 Å². The third-order valence-corrected chi connectivity index (χ3v) is 3.15. The number of rotatable bonds is 3. The number of anilines is 1. The molecule has 2 aromatic rings. The van der Waals surface area contributed by atoms with E-state index >= 15 is 0 Å². The molecular weight excluding hydrogens is 278 g/mol. The first-order valence-corrected chi connectivity index (χ1v) is 6.33. The highest BCUT2D eigenvalue weighted by Crippen LogP contribution is 2.28. The molecule has 2 rings (SSSR count). The summed E-state index contributed by atoms with van der Waals surface area (Å²) in [5.74, 6) is 0.0756. The van der Waals surface area contributed by atoms with Crippen LogP contribution in [0.25, 0.3) is 0 Å². The number of halogens is 1. The van der Waals surface area contributed by atoms with Gasteiger partial charge in [-0.15, -0.1) is 0 Å². The molecule has 0 fully saturated rings. The number of carbonyl (C=O) groups excluding carboxylic acids is 1. The summed E-state index contributed by atoms with van der Waals surface area (Å²) in [6, 6.07) is 9.77. The second-order valence-electron chi connectivity index (χ2n) is 4.32. The number of hydrogen-bond donors (Lipinski definition) is 2. The predicted octanol–water partition coefficient (Wildman–Crippen LogP) is 3.61. The van der Waals surface area contributed by atoms with Crippen LogP contribution in [0.5, 0.6) is 11.5 Å². The minimum atomic E-state index is -0.429. The van der Waals surface area contributed by atoms with Crippen LogP contribution in [-0.2, 0) is 0 Å². The molecular formula is C15H14ClNO3. The van der Waals surface area contributed by atoms with Gasteiger partial charge in [0.2, 0.25) is 0 Å². The second kappa shape index (κ2) is 5.84. The van der Waals surface area contributed by atoms with Crippen molar-refractivity contribution < 1.29 is 14.6 Å². The number of hydrogen-bond acceptors (Lipinski definition) is 3. The molecule has 0 heterocycles. The van der Waals surface area contributed by atoms with Crippen molar-refractivity contribution in [3.8, 4) is 11.5 Å². The average molecular weight is 292 g/mol. The smallest absolute Gasteiger partial charge is 0.259 e. The van der Waals surface area contributed by atoms with Gasteiger partial charge in [-0.05, 0) is 31.2 Å². The van der Waals surface area contributed by atoms with Crippen molar-refractivity contribution in [3.05, 3.63) is 52.5 Å². The monoisotopic (exact) mass is 291 g/mol. The van der Waals surface area contributed by atoms with E-state index in [1.54, 1.807) is 30.3 Å². The Morgan fingerprint density at radius 2 is 2.00 bits per heavy atom. The summed E-state index contributed by atoms with van der Waals surface area (Å²) in [7, 11) is 1.53. The number of benzene rings is 2. The van der Waals surface area contributed by atoms with Gasteiger partial charge in [0.05, 0.1) is 23.4 Å². The van der Waals surface area contributed by atoms with Crippen LogP contribution in [-0.4, -0.2) is 18.1 Å². The maximum absolute atomic E-state index is 12.2. The lowest BCUT2D eigenvalue weighted by Crippen LogP contribution is -2.12. The molecule has 0 unspecified atom stereocenters. The molecule has 2 N–H and O–H groups in total. The Morgan fingerprint density at radius 1 is 1.25 bits per heavy atom. The van der Waals surface area contributed by atoms with E-state index in [-0.39, 0.29) is 11.3 Å². The van der Waals surface area contributed by atoms with Gasteiger partial charge in [0.15, 0.2) is 0 Å². The zero-order valence-corrected chi connectivity index (χ0v) is 11.9. The predicted molar refractivity (Wildman–Crippen MR) is 78.8 cm³/mol. The van der Waals surface area contributed by atoms with Gasteiger partial charge in [0, 0.05) is 6.07 Å². The van der Waals surface area contributed by atoms with Gasteiger partial charge in [-0.25, -0.2) is 0 Å². The number of phenols is 1. The van der Waals surface area contributed by atoms with E-state index in [0.717, 1.165) is 5.56 Å². The van der Waals surface area contributed by atoms with Gasteiger partial charge < -0.3 is 15.2 Å². The number of aryl methyl sites for hydroxylation is 1. The summed E-state index contributed by atoms with van der Waals surface area (Å²) in [5, 5.41) is 12.8. The van der Waals surface area contributed by atoms with Crippen molar-refractivity contribution in [1.29, 1.82) is 0 Å². The molecule has 0 atom stereocenters. The molecule has 0 saturated heterocycles. The van der Waals surface area contributed by atoms with Crippen LogP contribution in [0, 0.1) is 6.92 Å². The zero-order chi connectivity index (χ0) is 14.7. The first kappa shape index (κ1) is 14.2. The molecule has 104 valence electrons. The van der Waals surface area contributed by atoms with Gasteiger partial charge in [-0.3, -0.25) is 4.79 Å². The Bertz CT molecular complexity index is 656. The lowest BCUT2D eigenvalue weighted by Gasteiger charge is -2.10. The summed E-state index contributed by atoms with van der Waals surface area (Å²) in [4.78, 5) is 12.2. The maximum Gasteiger partial charge on any atom is 0.259 e. The quantitative estimate of drug-likeness (QED) is 0.908. The maximum atomic E-state index is 12.2. The fourth-order valence-electron chi connectivity index (χ4n) is 1.75. The SMILES string of the molecule is COc1ccc(Cl)c(NC(=O)c2cc(C)ccc2O)c1. The van der Waals surface area contributed by atoms with E-state index in [0.29, 0.717) is 16.5 Å². The molecule has 5 heteroatoms. The number of ether oxygens (including phenoxy) is 1. The van der Waals surface area contributed by atoms with Crippen molar-refractivity contribution in [2.75, 3.05) is 12.4 Å². The first-order chi connectivity index (χ1) is 9.51. The highest BCUT2D eigenvalue weighted by Gasteiger charge is 2.13. The molecule has 0 spiro atoms. The van der Waals surface area contributed by atoms with Crippen LogP contribution < -0.4 is 10.1 Å². The minimum Gasteiger partial charge on any atom is -0.507 e. The largest absolute Gasteiger partial charge is 0.507 e. The summed E-state index contributed by atoms with van der Waals surface area (Å²) >= 11 is 6.02. The average Bonchev–Trinajstić information content (AvgIpc) is 2.43. The fraction of sp³-hybridized carbons (Fsp3) is 0.133. The van der Waals surface area contributed by atoms with Crippen molar-refractivity contribution in [1.82, 2.24) is 0 Å². The van der Waals surface area contributed by atoms with Gasteiger partial charge >= 0.3 is 0 Å². The highest BCUT2D eigenvalue weighted by atomic mass is 35.5. The molecule has 20 heavy (non-hydrogen) atoms. The Kier molecular flexibility index (Phi) is 4.15. The Morgan fingerprint density at radius 3 is 2.70 bits per heavy atom. The molecule has 0 radical (unpaired) electrons. The Labute approximate surface area is 122 Å². The van der Waals surface area contributed by atoms with E-state index in [1.807, 2.05) is 6.92 Å². The van der Waals surface area contributed by atoms with E-state index in [9.17, 15) is 9.90 Å². The molecule has 0 aliphatic carbocycles. The lowest BCUT2D eigenvalue weighted by atomic mass is 10.1. The fourth-order valence-corrected chi connectivity index (χ4v) is 1.91. The van der Waals surface area contributed by atoms with E-state index in [1.165, 1.54) is 13.2 Å². The number of amides is 1. The molecule has 0 aromatic heterocycles. The van der Waals surface area contributed by atoms with E-state index in [4.69, 9.17) is 16.3 Å². The molecule has 0 saturated carbocycles. The van der Waals surface area contributed by atoms with E-state index in [2.05, 4.69) is 5.32 Å². The molecule has 0 aliphatic heterocycles. The number of aromatic hydroxyl groups is 1. The van der Waals surface area contributed by atoms with Crippen molar-refractivity contribution in [2.24, 2.45) is 0 Å². The van der Waals surface area contributed by atoms with Gasteiger partial charge in [-0.1, -0.05) is 23.2 Å². The van der Waals surface area contributed by atoms with Crippen molar-refractivity contribution in [3.63, 3.8) is 0 Å². The number of methoxy groups -OCH3 is 1. The van der Waals surface area contributed by atoms with E-state index < -0.39 is 5.91 Å². The van der Waals surface area contributed by atoms with Crippen LogP contribution in [0.3, 0.4) is 0 Å². The summed E-state index contributed by atoms with van der Waals surface area (Å²) in [5.41, 5.74) is 1.51. The third-order valence-electron chi connectivity index (χ3n) is 2.82. The van der Waals surface area contributed by atoms with Crippen LogP contribution in [0.4, 0.5) is 5.69 Å². The summed E-state index contributed by atoms with van der Waals surface area (Å²) < 4.78 is 5.08. The van der Waals surface area contributed by atoms with Crippen molar-refractivity contribution in [2.45, 2.75) is 6.92 Å². The summed E-state index contributed by atoms with van der Waals surface area (Å²) in [6.45, 7) is 1.84. The standard InChI is InChI=1S/C15H14ClNO3/c1-9-3-6-14(18)11(7-9)15(19)17-13-8-10(20-2)4-5-12(13)16/h3-8,18H,1-2H3,(H,17,19). The molecule has 4 nitrogen and oxygen atoms in total. The minimum absolute atomic E-state index is 0.0767. The lowest BCUT2D eigenvalue weighted by molar-refractivity contribution is 0.102. The Hall–Kier alpha value is -2.20. The first-order valence-electron chi connectivity index (χ1n) is 5.96. The van der Waals surface area contributed by atoms with Gasteiger partial charge in [0.25, 0.3) is 5.91 Å². The molecule has 2 aromatic carbocycles. The van der Waals surface area contributed by atoms with Gasteiger partial charge in [-0.2, -0.15) is 0 Å². The van der Waals surface area contributed by atoms with Crippen LogP contribution in [0.2, 0.25) is 5.02 Å². The highest BCUT2D eigenvalue weighted by molar-refractivity contribution is 6.34. The topological polar surface area (TPSA) is 58.6 Å². The molecule has 1 amide bonds. The molecule has 0 bridgehead atoms. The van der Waals surface area contributed by atoms with Crippen LogP contribution in [0.1, 0.15) is 15.9 Å². The number of phenolic OH excluding ortho intramolecular Hbond substituents is 1. The normalized spacial score (nSPS) is 10.2. The van der Waals surface area contributed by atoms with Crippen LogP contribution in [0.15, 0.2) is 36.4 Å². The Balaban J connectivity index is 2.30. The zero-order valence-electron chi connectivity index (χ0n) is 11.1. The van der Waals surface area contributed by atoms with Gasteiger partial charge in [0.1, 0.15) is 11.5 Å². The third kappa shape index (κ3) is 3.03. The van der Waals surface area contributed by atoms with Crippen molar-refractivity contribution >= 4 is 23.2 Å². The number of carbonyl (C=O) groups is 1.